The Labute approximate surface area is 127 Å². The van der Waals surface area contributed by atoms with Crippen LogP contribution in [-0.2, 0) is 9.59 Å². The quantitative estimate of drug-likeness (QED) is 0.859. The molecule has 0 aliphatic heterocycles. The molecule has 4 heteroatoms. The molecule has 0 bridgehead atoms. The van der Waals surface area contributed by atoms with Crippen LogP contribution < -0.4 is 10.6 Å². The Balaban J connectivity index is 2.54. The molecule has 2 N–H and O–H groups in total. The van der Waals surface area contributed by atoms with Crippen LogP contribution in [0.1, 0.15) is 47.5 Å². The molecular formula is C17H26N2O2. The first-order chi connectivity index (χ1) is 9.65. The molecule has 0 saturated heterocycles. The van der Waals surface area contributed by atoms with E-state index < -0.39 is 0 Å². The van der Waals surface area contributed by atoms with Gasteiger partial charge in [0.1, 0.15) is 0 Å². The van der Waals surface area contributed by atoms with Gasteiger partial charge < -0.3 is 10.6 Å². The fourth-order valence-electron chi connectivity index (χ4n) is 1.91. The highest BCUT2D eigenvalue weighted by Gasteiger charge is 2.15. The lowest BCUT2D eigenvalue weighted by molar-refractivity contribution is -0.118. The van der Waals surface area contributed by atoms with Gasteiger partial charge in [0.15, 0.2) is 0 Å². The minimum absolute atomic E-state index is 0.000839. The molecule has 1 rings (SSSR count). The third-order valence-electron chi connectivity index (χ3n) is 2.74. The molecule has 0 unspecified atom stereocenters. The zero-order valence-corrected chi connectivity index (χ0v) is 13.6. The summed E-state index contributed by atoms with van der Waals surface area (Å²) in [4.78, 5) is 23.5. The molecule has 21 heavy (non-hydrogen) atoms. The van der Waals surface area contributed by atoms with Gasteiger partial charge in [-0.15, -0.1) is 0 Å². The van der Waals surface area contributed by atoms with Crippen molar-refractivity contribution in [3.63, 3.8) is 0 Å². The number of hydrogen-bond acceptors (Lipinski definition) is 2. The molecule has 0 saturated carbocycles. The van der Waals surface area contributed by atoms with Crippen molar-refractivity contribution in [1.82, 2.24) is 0 Å². The average molecular weight is 290 g/mol. The second-order valence-electron chi connectivity index (χ2n) is 7.01. The van der Waals surface area contributed by atoms with Crippen molar-refractivity contribution >= 4 is 23.2 Å². The Kier molecular flexibility index (Phi) is 5.94. The zero-order chi connectivity index (χ0) is 16.0. The highest BCUT2D eigenvalue weighted by Crippen LogP contribution is 2.20. The SMILES string of the molecule is CC(C)CC(=O)Nc1ccc(NC(=O)CC(C)(C)C)cc1. The van der Waals surface area contributed by atoms with Crippen molar-refractivity contribution in [2.75, 3.05) is 10.6 Å². The summed E-state index contributed by atoms with van der Waals surface area (Å²) in [5.41, 5.74) is 1.45. The van der Waals surface area contributed by atoms with Gasteiger partial charge in [0, 0.05) is 24.2 Å². The van der Waals surface area contributed by atoms with E-state index in [1.54, 1.807) is 24.3 Å². The number of amides is 2. The number of benzene rings is 1. The summed E-state index contributed by atoms with van der Waals surface area (Å²) in [6.45, 7) is 10.1. The summed E-state index contributed by atoms with van der Waals surface area (Å²) in [6.07, 6.45) is 0.976. The smallest absolute Gasteiger partial charge is 0.224 e. The van der Waals surface area contributed by atoms with E-state index in [1.165, 1.54) is 0 Å². The molecule has 0 fully saturated rings. The Morgan fingerprint density at radius 2 is 1.38 bits per heavy atom. The van der Waals surface area contributed by atoms with Crippen LogP contribution in [0.3, 0.4) is 0 Å². The molecule has 0 atom stereocenters. The molecule has 0 heterocycles. The third kappa shape index (κ3) is 7.49. The molecule has 1 aromatic rings. The Morgan fingerprint density at radius 1 is 0.952 bits per heavy atom. The van der Waals surface area contributed by atoms with Crippen LogP contribution in [0.2, 0.25) is 0 Å². The summed E-state index contributed by atoms with van der Waals surface area (Å²) in [6, 6.07) is 7.19. The highest BCUT2D eigenvalue weighted by molar-refractivity contribution is 5.93. The monoisotopic (exact) mass is 290 g/mol. The van der Waals surface area contributed by atoms with Crippen molar-refractivity contribution in [3.8, 4) is 0 Å². The standard InChI is InChI=1S/C17H26N2O2/c1-12(2)10-15(20)18-13-6-8-14(9-7-13)19-16(21)11-17(3,4)5/h6-9,12H,10-11H2,1-5H3,(H,18,20)(H,19,21). The van der Waals surface area contributed by atoms with Gasteiger partial charge >= 0.3 is 0 Å². The molecule has 116 valence electrons. The van der Waals surface area contributed by atoms with E-state index in [9.17, 15) is 9.59 Å². The number of nitrogens with one attached hydrogen (secondary N) is 2. The van der Waals surface area contributed by atoms with Crippen molar-refractivity contribution in [3.05, 3.63) is 24.3 Å². The van der Waals surface area contributed by atoms with Gasteiger partial charge in [-0.3, -0.25) is 9.59 Å². The van der Waals surface area contributed by atoms with Crippen LogP contribution in [0.5, 0.6) is 0 Å². The van der Waals surface area contributed by atoms with E-state index in [2.05, 4.69) is 10.6 Å². The van der Waals surface area contributed by atoms with Crippen LogP contribution in [0, 0.1) is 11.3 Å². The molecular weight excluding hydrogens is 264 g/mol. The lowest BCUT2D eigenvalue weighted by Crippen LogP contribution is -2.19. The van der Waals surface area contributed by atoms with Gasteiger partial charge in [-0.2, -0.15) is 0 Å². The van der Waals surface area contributed by atoms with Gasteiger partial charge in [-0.1, -0.05) is 34.6 Å². The van der Waals surface area contributed by atoms with E-state index in [1.807, 2.05) is 34.6 Å². The number of hydrogen-bond donors (Lipinski definition) is 2. The molecule has 4 nitrogen and oxygen atoms in total. The topological polar surface area (TPSA) is 58.2 Å². The van der Waals surface area contributed by atoms with Gasteiger partial charge in [-0.25, -0.2) is 0 Å². The Hall–Kier alpha value is -1.84. The first-order valence-electron chi connectivity index (χ1n) is 7.35. The highest BCUT2D eigenvalue weighted by atomic mass is 16.2. The van der Waals surface area contributed by atoms with Gasteiger partial charge in [0.05, 0.1) is 0 Å². The van der Waals surface area contributed by atoms with Crippen molar-refractivity contribution in [1.29, 1.82) is 0 Å². The lowest BCUT2D eigenvalue weighted by atomic mass is 9.92. The maximum absolute atomic E-state index is 11.8. The first-order valence-corrected chi connectivity index (χ1v) is 7.35. The van der Waals surface area contributed by atoms with E-state index >= 15 is 0 Å². The van der Waals surface area contributed by atoms with Crippen LogP contribution in [0.4, 0.5) is 11.4 Å². The second-order valence-corrected chi connectivity index (χ2v) is 7.01. The molecule has 2 amide bonds. The van der Waals surface area contributed by atoms with E-state index in [4.69, 9.17) is 0 Å². The number of rotatable bonds is 5. The summed E-state index contributed by atoms with van der Waals surface area (Å²) >= 11 is 0. The molecule has 0 aliphatic rings. The van der Waals surface area contributed by atoms with Crippen LogP contribution >= 0.6 is 0 Å². The minimum atomic E-state index is -0.0329. The van der Waals surface area contributed by atoms with Crippen LogP contribution in [0.15, 0.2) is 24.3 Å². The van der Waals surface area contributed by atoms with Crippen molar-refractivity contribution < 1.29 is 9.59 Å². The van der Waals surface area contributed by atoms with Gasteiger partial charge in [0.2, 0.25) is 11.8 Å². The number of anilines is 2. The van der Waals surface area contributed by atoms with Gasteiger partial charge in [-0.05, 0) is 35.6 Å². The summed E-state index contributed by atoms with van der Waals surface area (Å²) in [7, 11) is 0. The molecule has 1 aromatic carbocycles. The predicted octanol–water partition coefficient (Wildman–Crippen LogP) is 4.05. The maximum atomic E-state index is 11.8. The van der Waals surface area contributed by atoms with Gasteiger partial charge in [0.25, 0.3) is 0 Å². The Bertz CT molecular complexity index is 485. The molecule has 0 radical (unpaired) electrons. The normalized spacial score (nSPS) is 11.3. The lowest BCUT2D eigenvalue weighted by Gasteiger charge is -2.17. The summed E-state index contributed by atoms with van der Waals surface area (Å²) < 4.78 is 0. The first kappa shape index (κ1) is 17.2. The van der Waals surface area contributed by atoms with Crippen LogP contribution in [0.25, 0.3) is 0 Å². The predicted molar refractivity (Wildman–Crippen MR) is 87.2 cm³/mol. The fraction of sp³-hybridized carbons (Fsp3) is 0.529. The molecule has 0 aromatic heterocycles. The van der Waals surface area contributed by atoms with Crippen molar-refractivity contribution in [2.24, 2.45) is 11.3 Å². The fourth-order valence-corrected chi connectivity index (χ4v) is 1.91. The number of carbonyl (C=O) groups is 2. The van der Waals surface area contributed by atoms with Crippen LogP contribution in [-0.4, -0.2) is 11.8 Å². The van der Waals surface area contributed by atoms with E-state index in [0.717, 1.165) is 11.4 Å². The zero-order valence-electron chi connectivity index (χ0n) is 13.6. The third-order valence-corrected chi connectivity index (χ3v) is 2.74. The Morgan fingerprint density at radius 3 is 1.76 bits per heavy atom. The second kappa shape index (κ2) is 7.25. The number of carbonyl (C=O) groups excluding carboxylic acids is 2. The van der Waals surface area contributed by atoms with E-state index in [-0.39, 0.29) is 17.2 Å². The van der Waals surface area contributed by atoms with E-state index in [0.29, 0.717) is 18.8 Å². The van der Waals surface area contributed by atoms with Crippen molar-refractivity contribution in [2.45, 2.75) is 47.5 Å². The average Bonchev–Trinajstić information content (AvgIpc) is 2.27. The molecule has 0 aliphatic carbocycles. The summed E-state index contributed by atoms with van der Waals surface area (Å²) in [5.74, 6) is 0.342. The molecule has 0 spiro atoms. The minimum Gasteiger partial charge on any atom is -0.326 e. The maximum Gasteiger partial charge on any atom is 0.224 e. The summed E-state index contributed by atoms with van der Waals surface area (Å²) in [5, 5.41) is 5.70. The largest absolute Gasteiger partial charge is 0.326 e.